The van der Waals surface area contributed by atoms with Gasteiger partial charge in [-0.05, 0) is 30.7 Å². The molecule has 0 aliphatic rings. The highest BCUT2D eigenvalue weighted by molar-refractivity contribution is 5.92. The Kier molecular flexibility index (Phi) is 6.24. The highest BCUT2D eigenvalue weighted by Gasteiger charge is 2.18. The van der Waals surface area contributed by atoms with Crippen molar-refractivity contribution in [1.29, 1.82) is 0 Å². The van der Waals surface area contributed by atoms with Crippen LogP contribution < -0.4 is 10.2 Å². The van der Waals surface area contributed by atoms with Crippen LogP contribution >= 0.6 is 0 Å². The first-order chi connectivity index (χ1) is 15.1. The molecule has 1 amide bonds. The topological polar surface area (TPSA) is 51.4 Å². The monoisotopic (exact) mass is 411 g/mol. The number of likely N-dealkylation sites (N-methyl/N-ethyl adjacent to an activating group) is 1. The van der Waals surface area contributed by atoms with E-state index in [1.165, 1.54) is 0 Å². The Hall–Kier alpha value is -3.70. The summed E-state index contributed by atoms with van der Waals surface area (Å²) in [5.41, 5.74) is 6.07. The number of rotatable bonds is 7. The number of hydrogen-bond donors (Lipinski definition) is 2. The van der Waals surface area contributed by atoms with Gasteiger partial charge in [-0.3, -0.25) is 4.79 Å². The normalized spacial score (nSPS) is 11.8. The number of amides is 1. The summed E-state index contributed by atoms with van der Waals surface area (Å²) < 4.78 is 1.92. The molecule has 0 saturated carbocycles. The molecule has 3 aromatic carbocycles. The third-order valence-electron chi connectivity index (χ3n) is 5.23. The van der Waals surface area contributed by atoms with Crippen LogP contribution in [0.25, 0.3) is 16.9 Å². The van der Waals surface area contributed by atoms with Crippen LogP contribution in [0.5, 0.6) is 0 Å². The van der Waals surface area contributed by atoms with Gasteiger partial charge in [-0.25, -0.2) is 4.68 Å². The highest BCUT2D eigenvalue weighted by atomic mass is 16.2. The average molecular weight is 412 g/mol. The fourth-order valence-electron chi connectivity index (χ4n) is 3.66. The lowest BCUT2D eigenvalue weighted by atomic mass is 10.1. The van der Waals surface area contributed by atoms with Gasteiger partial charge in [0.15, 0.2) is 6.54 Å². The van der Waals surface area contributed by atoms with Crippen LogP contribution in [0.3, 0.4) is 0 Å². The number of hydrogen-bond acceptors (Lipinski definition) is 2. The second-order valence-corrected chi connectivity index (χ2v) is 7.82. The van der Waals surface area contributed by atoms with E-state index < -0.39 is 0 Å². The van der Waals surface area contributed by atoms with Gasteiger partial charge in [0.05, 0.1) is 18.3 Å². The fraction of sp³-hybridized carbons (Fsp3) is 0.154. The zero-order chi connectivity index (χ0) is 21.6. The summed E-state index contributed by atoms with van der Waals surface area (Å²) in [5, 5.41) is 7.89. The van der Waals surface area contributed by atoms with Gasteiger partial charge in [-0.2, -0.15) is 5.10 Å². The van der Waals surface area contributed by atoms with Crippen molar-refractivity contribution in [1.82, 2.24) is 9.78 Å². The molecule has 0 bridgehead atoms. The van der Waals surface area contributed by atoms with E-state index in [4.69, 9.17) is 5.10 Å². The summed E-state index contributed by atoms with van der Waals surface area (Å²) in [6, 6.07) is 28.1. The molecule has 1 aromatic heterocycles. The number of carbonyl (C=O) groups excluding carboxylic acids is 1. The molecule has 0 aliphatic carbocycles. The van der Waals surface area contributed by atoms with E-state index in [1.807, 2.05) is 91.4 Å². The van der Waals surface area contributed by atoms with Crippen molar-refractivity contribution in [2.75, 3.05) is 18.9 Å². The molecule has 2 N–H and O–H groups in total. The van der Waals surface area contributed by atoms with Crippen molar-refractivity contribution in [3.63, 3.8) is 0 Å². The van der Waals surface area contributed by atoms with Crippen molar-refractivity contribution >= 4 is 11.6 Å². The summed E-state index contributed by atoms with van der Waals surface area (Å²) >= 11 is 0. The van der Waals surface area contributed by atoms with Gasteiger partial charge in [0.2, 0.25) is 0 Å². The molecule has 0 fully saturated rings. The molecule has 5 nitrogen and oxygen atoms in total. The van der Waals surface area contributed by atoms with Crippen LogP contribution in [0.15, 0.2) is 91.1 Å². The van der Waals surface area contributed by atoms with Crippen LogP contribution in [0.4, 0.5) is 5.69 Å². The molecule has 0 radical (unpaired) electrons. The molecule has 5 heteroatoms. The van der Waals surface area contributed by atoms with Crippen molar-refractivity contribution in [3.8, 4) is 16.9 Å². The first-order valence-electron chi connectivity index (χ1n) is 10.5. The minimum Gasteiger partial charge on any atom is -0.326 e. The van der Waals surface area contributed by atoms with Crippen LogP contribution in [-0.2, 0) is 11.3 Å². The molecule has 1 heterocycles. The first-order valence-corrected chi connectivity index (χ1v) is 10.5. The Bertz CT molecular complexity index is 1150. The van der Waals surface area contributed by atoms with Crippen LogP contribution in [-0.4, -0.2) is 29.3 Å². The molecule has 0 spiro atoms. The smallest absolute Gasteiger partial charge is 0.279 e. The largest absolute Gasteiger partial charge is 0.326 e. The predicted octanol–water partition coefficient (Wildman–Crippen LogP) is 3.50. The van der Waals surface area contributed by atoms with Gasteiger partial charge >= 0.3 is 0 Å². The maximum atomic E-state index is 12.6. The first kappa shape index (κ1) is 20.6. The summed E-state index contributed by atoms with van der Waals surface area (Å²) in [5.74, 6) is 0.00325. The number of para-hydroxylation sites is 2. The Balaban J connectivity index is 1.53. The molecule has 4 aromatic rings. The van der Waals surface area contributed by atoms with Gasteiger partial charge in [-0.15, -0.1) is 0 Å². The molecular formula is C26H27N4O+. The zero-order valence-electron chi connectivity index (χ0n) is 17.9. The molecule has 4 rings (SSSR count). The fourth-order valence-corrected chi connectivity index (χ4v) is 3.66. The number of anilines is 1. The number of aromatic nitrogens is 2. The molecule has 1 atom stereocenters. The van der Waals surface area contributed by atoms with Crippen LogP contribution in [0.1, 0.15) is 11.1 Å². The number of aryl methyl sites for hydroxylation is 1. The molecule has 1 unspecified atom stereocenters. The minimum absolute atomic E-state index is 0.00325. The lowest BCUT2D eigenvalue weighted by molar-refractivity contribution is -0.885. The van der Waals surface area contributed by atoms with Gasteiger partial charge in [0.25, 0.3) is 5.91 Å². The number of carbonyl (C=O) groups is 1. The quantitative estimate of drug-likeness (QED) is 0.489. The third kappa shape index (κ3) is 5.08. The van der Waals surface area contributed by atoms with Crippen LogP contribution in [0.2, 0.25) is 0 Å². The van der Waals surface area contributed by atoms with Crippen LogP contribution in [0, 0.1) is 6.92 Å². The van der Waals surface area contributed by atoms with E-state index in [-0.39, 0.29) is 5.91 Å². The Labute approximate surface area is 183 Å². The SMILES string of the molecule is Cc1ccccc1NC(=O)C[NH+](C)Cc1cn(-c2ccccc2)nc1-c1ccccc1. The standard InChI is InChI=1S/C26H26N4O/c1-20-11-9-10-16-24(20)27-25(31)19-29(2)17-22-18-30(23-14-7-4-8-15-23)28-26(22)21-12-5-3-6-13-21/h3-16,18H,17,19H2,1-2H3,(H,27,31)/p+1. The van der Waals surface area contributed by atoms with Gasteiger partial charge in [0, 0.05) is 17.4 Å². The molecule has 156 valence electrons. The van der Waals surface area contributed by atoms with E-state index in [1.54, 1.807) is 0 Å². The lowest BCUT2D eigenvalue weighted by Gasteiger charge is -2.14. The van der Waals surface area contributed by atoms with E-state index in [0.29, 0.717) is 13.1 Å². The second-order valence-electron chi connectivity index (χ2n) is 7.82. The summed E-state index contributed by atoms with van der Waals surface area (Å²) in [7, 11) is 2.03. The van der Waals surface area contributed by atoms with E-state index >= 15 is 0 Å². The number of nitrogens with one attached hydrogen (secondary N) is 2. The predicted molar refractivity (Wildman–Crippen MR) is 124 cm³/mol. The molecule has 31 heavy (non-hydrogen) atoms. The molecule has 0 saturated heterocycles. The van der Waals surface area contributed by atoms with Crippen molar-refractivity contribution in [2.24, 2.45) is 0 Å². The summed E-state index contributed by atoms with van der Waals surface area (Å²) in [6.07, 6.45) is 2.07. The van der Waals surface area contributed by atoms with Gasteiger partial charge in [-0.1, -0.05) is 66.7 Å². The Morgan fingerprint density at radius 2 is 1.58 bits per heavy atom. The number of nitrogens with zero attached hydrogens (tertiary/aromatic N) is 2. The number of benzene rings is 3. The minimum atomic E-state index is 0.00325. The number of quaternary nitrogens is 1. The summed E-state index contributed by atoms with van der Waals surface area (Å²) in [4.78, 5) is 13.7. The molecule has 0 aliphatic heterocycles. The van der Waals surface area contributed by atoms with Crippen molar-refractivity contribution in [2.45, 2.75) is 13.5 Å². The lowest BCUT2D eigenvalue weighted by Crippen LogP contribution is -3.08. The van der Waals surface area contributed by atoms with E-state index in [0.717, 1.165) is 38.7 Å². The second kappa shape index (κ2) is 9.41. The third-order valence-corrected chi connectivity index (χ3v) is 5.23. The Morgan fingerprint density at radius 1 is 0.935 bits per heavy atom. The van der Waals surface area contributed by atoms with Crippen molar-refractivity contribution in [3.05, 3.63) is 102 Å². The van der Waals surface area contributed by atoms with E-state index in [9.17, 15) is 4.79 Å². The van der Waals surface area contributed by atoms with Gasteiger partial charge < -0.3 is 10.2 Å². The average Bonchev–Trinajstić information content (AvgIpc) is 3.20. The summed E-state index contributed by atoms with van der Waals surface area (Å²) in [6.45, 7) is 3.06. The molecular weight excluding hydrogens is 384 g/mol. The zero-order valence-corrected chi connectivity index (χ0v) is 17.9. The van der Waals surface area contributed by atoms with Gasteiger partial charge in [0.1, 0.15) is 12.2 Å². The van der Waals surface area contributed by atoms with Crippen molar-refractivity contribution < 1.29 is 9.69 Å². The Morgan fingerprint density at radius 3 is 2.29 bits per heavy atom. The maximum absolute atomic E-state index is 12.6. The maximum Gasteiger partial charge on any atom is 0.279 e. The highest BCUT2D eigenvalue weighted by Crippen LogP contribution is 2.23. The van der Waals surface area contributed by atoms with E-state index in [2.05, 4.69) is 23.6 Å².